The Labute approximate surface area is 76.0 Å². The molecule has 0 aliphatic carbocycles. The second kappa shape index (κ2) is 3.18. The van der Waals surface area contributed by atoms with E-state index in [9.17, 15) is 8.78 Å². The van der Waals surface area contributed by atoms with Crippen LogP contribution in [0, 0.1) is 17.0 Å². The fourth-order valence-corrected chi connectivity index (χ4v) is 1.10. The van der Waals surface area contributed by atoms with Gasteiger partial charge in [-0.1, -0.05) is 0 Å². The van der Waals surface area contributed by atoms with Crippen LogP contribution in [0.1, 0.15) is 5.56 Å². The number of rotatable bonds is 1. The number of halogens is 3. The average Bonchev–Trinajstić information content (AvgIpc) is 1.97. The normalized spacial score (nSPS) is 9.92. The van der Waals surface area contributed by atoms with Crippen LogP contribution in [0.2, 0.25) is 0 Å². The molecule has 0 atom stereocenters. The minimum absolute atomic E-state index is 0.0918. The van der Waals surface area contributed by atoms with Crippen LogP contribution < -0.4 is 5.73 Å². The van der Waals surface area contributed by atoms with Gasteiger partial charge in [0.2, 0.25) is 0 Å². The highest BCUT2D eigenvalue weighted by Gasteiger charge is 2.13. The summed E-state index contributed by atoms with van der Waals surface area (Å²) in [6.07, 6.45) is 0. The van der Waals surface area contributed by atoms with Gasteiger partial charge in [-0.15, -0.1) is 0 Å². The van der Waals surface area contributed by atoms with Crippen molar-refractivity contribution in [2.75, 3.05) is 0 Å². The van der Waals surface area contributed by atoms with Crippen LogP contribution in [0.4, 0.5) is 8.78 Å². The Kier molecular flexibility index (Phi) is 2.42. The fourth-order valence-electron chi connectivity index (χ4n) is 0.774. The third-order valence-electron chi connectivity index (χ3n) is 1.31. The molecule has 0 amide bonds. The number of amidine groups is 1. The standard InChI is InChI=1S/C7H5BrF2N2/c8-3-1-2-4(9)5(6(3)10)7(11)12/h1-2H,(H3,11,12). The van der Waals surface area contributed by atoms with Crippen molar-refractivity contribution < 1.29 is 8.78 Å². The van der Waals surface area contributed by atoms with E-state index in [4.69, 9.17) is 11.1 Å². The first kappa shape index (κ1) is 9.12. The molecule has 0 aliphatic heterocycles. The highest BCUT2D eigenvalue weighted by atomic mass is 79.9. The quantitative estimate of drug-likeness (QED) is 0.436. The van der Waals surface area contributed by atoms with E-state index in [1.165, 1.54) is 6.07 Å². The molecule has 0 spiro atoms. The Morgan fingerprint density at radius 3 is 2.42 bits per heavy atom. The van der Waals surface area contributed by atoms with Crippen LogP contribution >= 0.6 is 15.9 Å². The number of nitrogens with two attached hydrogens (primary N) is 1. The SMILES string of the molecule is N=C(N)c1c(F)ccc(Br)c1F. The van der Waals surface area contributed by atoms with Gasteiger partial charge in [0.15, 0.2) is 5.82 Å². The largest absolute Gasteiger partial charge is 0.384 e. The van der Waals surface area contributed by atoms with Gasteiger partial charge < -0.3 is 5.73 Å². The summed E-state index contributed by atoms with van der Waals surface area (Å²) in [4.78, 5) is 0. The van der Waals surface area contributed by atoms with E-state index >= 15 is 0 Å². The summed E-state index contributed by atoms with van der Waals surface area (Å²) in [5.41, 5.74) is 4.47. The fraction of sp³-hybridized carbons (Fsp3) is 0. The van der Waals surface area contributed by atoms with Crippen molar-refractivity contribution in [3.8, 4) is 0 Å². The monoisotopic (exact) mass is 234 g/mol. The first-order chi connectivity index (χ1) is 5.54. The van der Waals surface area contributed by atoms with Crippen molar-refractivity contribution in [1.29, 1.82) is 5.41 Å². The Morgan fingerprint density at radius 2 is 2.00 bits per heavy atom. The van der Waals surface area contributed by atoms with E-state index < -0.39 is 23.0 Å². The maximum atomic E-state index is 13.0. The van der Waals surface area contributed by atoms with E-state index in [0.29, 0.717) is 0 Å². The van der Waals surface area contributed by atoms with Gasteiger partial charge in [-0.25, -0.2) is 8.78 Å². The molecule has 0 aromatic heterocycles. The lowest BCUT2D eigenvalue weighted by Crippen LogP contribution is -2.15. The van der Waals surface area contributed by atoms with Crippen LogP contribution in [-0.4, -0.2) is 5.84 Å². The molecule has 5 heteroatoms. The highest BCUT2D eigenvalue weighted by Crippen LogP contribution is 2.20. The van der Waals surface area contributed by atoms with E-state index in [0.717, 1.165) is 6.07 Å². The second-order valence-corrected chi connectivity index (χ2v) is 2.99. The zero-order valence-electron chi connectivity index (χ0n) is 5.87. The number of nitrogen functional groups attached to an aromatic ring is 1. The highest BCUT2D eigenvalue weighted by molar-refractivity contribution is 9.10. The first-order valence-electron chi connectivity index (χ1n) is 3.02. The van der Waals surface area contributed by atoms with E-state index in [-0.39, 0.29) is 4.47 Å². The molecule has 1 aromatic carbocycles. The smallest absolute Gasteiger partial charge is 0.151 e. The van der Waals surface area contributed by atoms with Crippen LogP contribution in [-0.2, 0) is 0 Å². The molecule has 2 nitrogen and oxygen atoms in total. The predicted molar refractivity (Wildman–Crippen MR) is 45.1 cm³/mol. The minimum Gasteiger partial charge on any atom is -0.384 e. The van der Waals surface area contributed by atoms with Crippen molar-refractivity contribution in [2.45, 2.75) is 0 Å². The number of benzene rings is 1. The third-order valence-corrected chi connectivity index (χ3v) is 1.93. The molecule has 0 saturated heterocycles. The van der Waals surface area contributed by atoms with Crippen molar-refractivity contribution in [2.24, 2.45) is 5.73 Å². The summed E-state index contributed by atoms with van der Waals surface area (Å²) in [6.45, 7) is 0. The molecular formula is C7H5BrF2N2. The molecule has 0 bridgehead atoms. The summed E-state index contributed by atoms with van der Waals surface area (Å²) < 4.78 is 25.9. The van der Waals surface area contributed by atoms with Crippen molar-refractivity contribution in [3.05, 3.63) is 33.8 Å². The molecule has 0 fully saturated rings. The molecule has 3 N–H and O–H groups in total. The molecule has 0 unspecified atom stereocenters. The Balaban J connectivity index is 3.43. The van der Waals surface area contributed by atoms with E-state index in [1.54, 1.807) is 0 Å². The molecular weight excluding hydrogens is 230 g/mol. The van der Waals surface area contributed by atoms with E-state index in [1.807, 2.05) is 0 Å². The topological polar surface area (TPSA) is 49.9 Å². The molecule has 1 aromatic rings. The molecule has 12 heavy (non-hydrogen) atoms. The third kappa shape index (κ3) is 1.45. The predicted octanol–water partition coefficient (Wildman–Crippen LogP) is 2.01. The zero-order valence-corrected chi connectivity index (χ0v) is 7.45. The Hall–Kier alpha value is -0.970. The summed E-state index contributed by atoms with van der Waals surface area (Å²) in [5.74, 6) is -2.29. The number of hydrogen-bond acceptors (Lipinski definition) is 1. The van der Waals surface area contributed by atoms with Gasteiger partial charge in [0.25, 0.3) is 0 Å². The first-order valence-corrected chi connectivity index (χ1v) is 3.81. The number of hydrogen-bond donors (Lipinski definition) is 2. The minimum atomic E-state index is -0.845. The lowest BCUT2D eigenvalue weighted by molar-refractivity contribution is 0.574. The zero-order chi connectivity index (χ0) is 9.30. The van der Waals surface area contributed by atoms with Crippen LogP contribution in [0.25, 0.3) is 0 Å². The van der Waals surface area contributed by atoms with Gasteiger partial charge in [-0.3, -0.25) is 5.41 Å². The molecule has 0 heterocycles. The maximum absolute atomic E-state index is 13.0. The Morgan fingerprint density at radius 1 is 1.42 bits per heavy atom. The van der Waals surface area contributed by atoms with Crippen molar-refractivity contribution in [3.63, 3.8) is 0 Å². The summed E-state index contributed by atoms with van der Waals surface area (Å²) in [5, 5.41) is 6.89. The molecule has 0 saturated carbocycles. The summed E-state index contributed by atoms with van der Waals surface area (Å²) in [7, 11) is 0. The van der Waals surface area contributed by atoms with Gasteiger partial charge >= 0.3 is 0 Å². The number of nitrogens with one attached hydrogen (secondary N) is 1. The van der Waals surface area contributed by atoms with Crippen LogP contribution in [0.5, 0.6) is 0 Å². The lowest BCUT2D eigenvalue weighted by Gasteiger charge is -2.03. The molecule has 0 aliphatic rings. The van der Waals surface area contributed by atoms with Crippen molar-refractivity contribution >= 4 is 21.8 Å². The van der Waals surface area contributed by atoms with Crippen molar-refractivity contribution in [1.82, 2.24) is 0 Å². The molecule has 0 radical (unpaired) electrons. The second-order valence-electron chi connectivity index (χ2n) is 2.13. The molecule has 64 valence electrons. The van der Waals surface area contributed by atoms with Gasteiger partial charge in [-0.05, 0) is 28.1 Å². The maximum Gasteiger partial charge on any atom is 0.151 e. The summed E-state index contributed by atoms with van der Waals surface area (Å²) >= 11 is 2.85. The summed E-state index contributed by atoms with van der Waals surface area (Å²) in [6, 6.07) is 2.26. The average molecular weight is 235 g/mol. The van der Waals surface area contributed by atoms with Crippen LogP contribution in [0.3, 0.4) is 0 Å². The van der Waals surface area contributed by atoms with Gasteiger partial charge in [0.1, 0.15) is 11.7 Å². The van der Waals surface area contributed by atoms with Gasteiger partial charge in [0, 0.05) is 0 Å². The lowest BCUT2D eigenvalue weighted by atomic mass is 10.2. The van der Waals surface area contributed by atoms with Crippen LogP contribution in [0.15, 0.2) is 16.6 Å². The van der Waals surface area contributed by atoms with Gasteiger partial charge in [0.05, 0.1) is 10.0 Å². The molecule has 1 rings (SSSR count). The van der Waals surface area contributed by atoms with Gasteiger partial charge in [-0.2, -0.15) is 0 Å². The Bertz CT molecular complexity index is 338. The van der Waals surface area contributed by atoms with E-state index in [2.05, 4.69) is 15.9 Å².